The van der Waals surface area contributed by atoms with Crippen molar-refractivity contribution in [3.63, 3.8) is 0 Å². The van der Waals surface area contributed by atoms with E-state index in [0.717, 1.165) is 0 Å². The van der Waals surface area contributed by atoms with E-state index >= 15 is 0 Å². The number of hydrogen-bond donors (Lipinski definition) is 0. The van der Waals surface area contributed by atoms with Gasteiger partial charge in [0.2, 0.25) is 13.2 Å². The van der Waals surface area contributed by atoms with Gasteiger partial charge in [-0.05, 0) is 19.6 Å². The zero-order chi connectivity index (χ0) is 13.4. The molecule has 16 heavy (non-hydrogen) atoms. The largest absolute Gasteiger partial charge is 0.394 e. The second-order valence-corrected chi connectivity index (χ2v) is 13.0. The topological polar surface area (TPSA) is 33.0 Å². The second kappa shape index (κ2) is 5.18. The van der Waals surface area contributed by atoms with Crippen LogP contribution in [0.4, 0.5) is 0 Å². The van der Waals surface area contributed by atoms with Crippen molar-refractivity contribution in [1.29, 1.82) is 5.26 Å². The summed E-state index contributed by atoms with van der Waals surface area (Å²) in [5.41, 5.74) is -2.14. The first-order valence-electron chi connectivity index (χ1n) is 4.02. The first-order chi connectivity index (χ1) is 6.77. The van der Waals surface area contributed by atoms with E-state index in [-0.39, 0.29) is 0 Å². The van der Waals surface area contributed by atoms with Gasteiger partial charge in [-0.3, -0.25) is 0 Å². The Kier molecular flexibility index (Phi) is 5.64. The molecular formula is C7H9Cl6NOSi. The van der Waals surface area contributed by atoms with Gasteiger partial charge in [-0.25, -0.2) is 0 Å². The molecule has 0 heterocycles. The Morgan fingerprint density at radius 1 is 0.938 bits per heavy atom. The molecule has 0 radical (unpaired) electrons. The molecule has 0 rings (SSSR count). The van der Waals surface area contributed by atoms with Crippen molar-refractivity contribution in [1.82, 2.24) is 0 Å². The third kappa shape index (κ3) is 3.96. The van der Waals surface area contributed by atoms with Crippen molar-refractivity contribution in [3.8, 4) is 6.07 Å². The SMILES string of the molecule is C[Si](C)(C)OC(C#N)(C(Cl)(Cl)Cl)C(Cl)(Cl)Cl. The van der Waals surface area contributed by atoms with E-state index < -0.39 is 21.5 Å². The highest BCUT2D eigenvalue weighted by Gasteiger charge is 2.64. The molecule has 0 aliphatic carbocycles. The van der Waals surface area contributed by atoms with Crippen LogP contribution < -0.4 is 0 Å². The summed E-state index contributed by atoms with van der Waals surface area (Å²) in [7, 11) is -2.26. The fourth-order valence-electron chi connectivity index (χ4n) is 0.885. The Morgan fingerprint density at radius 2 is 1.25 bits per heavy atom. The number of alkyl halides is 6. The molecule has 0 saturated carbocycles. The third-order valence-corrected chi connectivity index (χ3v) is 3.93. The summed E-state index contributed by atoms with van der Waals surface area (Å²) < 4.78 is 1.14. The minimum Gasteiger partial charge on any atom is -0.394 e. The Morgan fingerprint density at radius 3 is 1.31 bits per heavy atom. The first kappa shape index (κ1) is 17.4. The first-order valence-corrected chi connectivity index (χ1v) is 9.69. The Balaban J connectivity index is 5.63. The van der Waals surface area contributed by atoms with Crippen LogP contribution in [0.25, 0.3) is 0 Å². The van der Waals surface area contributed by atoms with Crippen LogP contribution in [0.3, 0.4) is 0 Å². The van der Waals surface area contributed by atoms with E-state index in [1.54, 1.807) is 25.7 Å². The van der Waals surface area contributed by atoms with E-state index in [1.807, 2.05) is 0 Å². The van der Waals surface area contributed by atoms with Gasteiger partial charge in [0.25, 0.3) is 0 Å². The molecule has 0 saturated heterocycles. The fraction of sp³-hybridized carbons (Fsp3) is 0.857. The lowest BCUT2D eigenvalue weighted by Crippen LogP contribution is -2.59. The molecule has 2 nitrogen and oxygen atoms in total. The molecule has 0 fully saturated rings. The van der Waals surface area contributed by atoms with Crippen LogP contribution in [0.1, 0.15) is 0 Å². The van der Waals surface area contributed by atoms with Gasteiger partial charge >= 0.3 is 0 Å². The summed E-state index contributed by atoms with van der Waals surface area (Å²) in [5, 5.41) is 9.15. The predicted octanol–water partition coefficient (Wildman–Crippen LogP) is 4.84. The number of halogens is 6. The molecule has 0 spiro atoms. The number of nitrogens with zero attached hydrogens (tertiary/aromatic N) is 1. The smallest absolute Gasteiger partial charge is 0.239 e. The molecule has 0 bridgehead atoms. The molecule has 0 aliphatic rings. The molecule has 94 valence electrons. The summed E-state index contributed by atoms with van der Waals surface area (Å²) >= 11 is 34.2. The van der Waals surface area contributed by atoms with Gasteiger partial charge in [-0.15, -0.1) is 0 Å². The van der Waals surface area contributed by atoms with Crippen LogP contribution in [0.15, 0.2) is 0 Å². The summed E-state index contributed by atoms with van der Waals surface area (Å²) in [6.45, 7) is 5.35. The molecular weight excluding hydrogens is 355 g/mol. The highest BCUT2D eigenvalue weighted by molar-refractivity contribution is 6.76. The van der Waals surface area contributed by atoms with Crippen molar-refractivity contribution < 1.29 is 4.43 Å². The molecule has 0 N–H and O–H groups in total. The molecule has 9 heteroatoms. The van der Waals surface area contributed by atoms with Crippen LogP contribution in [-0.4, -0.2) is 21.5 Å². The highest BCUT2D eigenvalue weighted by atomic mass is 35.6. The average molecular weight is 364 g/mol. The standard InChI is InChI=1S/C7H9Cl6NOSi/c1-16(2,3)15-5(4-14,6(8,9)10)7(11,12)13/h1-3H3. The number of nitriles is 1. The van der Waals surface area contributed by atoms with Crippen LogP contribution >= 0.6 is 69.6 Å². The second-order valence-electron chi connectivity index (χ2n) is 4.00. The van der Waals surface area contributed by atoms with E-state index in [9.17, 15) is 0 Å². The van der Waals surface area contributed by atoms with Crippen LogP contribution in [0, 0.1) is 11.3 Å². The van der Waals surface area contributed by atoms with Crippen molar-refractivity contribution in [2.24, 2.45) is 0 Å². The molecule has 0 aromatic carbocycles. The van der Waals surface area contributed by atoms with Gasteiger partial charge in [0.05, 0.1) is 0 Å². The number of hydrogen-bond acceptors (Lipinski definition) is 2. The summed E-state index contributed by atoms with van der Waals surface area (Å²) in [5.74, 6) is 0. The Labute approximate surface area is 126 Å². The molecule has 0 unspecified atom stereocenters. The Bertz CT molecular complexity index is 282. The van der Waals surface area contributed by atoms with Gasteiger partial charge in [0, 0.05) is 0 Å². The lowest BCUT2D eigenvalue weighted by Gasteiger charge is -2.42. The number of rotatable bonds is 2. The lowest BCUT2D eigenvalue weighted by molar-refractivity contribution is 0.128. The molecule has 0 aromatic rings. The monoisotopic (exact) mass is 361 g/mol. The van der Waals surface area contributed by atoms with Crippen molar-refractivity contribution in [2.45, 2.75) is 32.8 Å². The molecule has 0 aromatic heterocycles. The maximum Gasteiger partial charge on any atom is 0.239 e. The minimum atomic E-state index is -2.26. The van der Waals surface area contributed by atoms with E-state index in [1.165, 1.54) is 0 Å². The third-order valence-electron chi connectivity index (χ3n) is 1.42. The van der Waals surface area contributed by atoms with Gasteiger partial charge in [-0.1, -0.05) is 69.6 Å². The van der Waals surface area contributed by atoms with Gasteiger partial charge < -0.3 is 4.43 Å². The molecule has 0 atom stereocenters. The highest BCUT2D eigenvalue weighted by Crippen LogP contribution is 2.54. The van der Waals surface area contributed by atoms with Crippen molar-refractivity contribution in [2.75, 3.05) is 0 Å². The zero-order valence-electron chi connectivity index (χ0n) is 8.62. The van der Waals surface area contributed by atoms with Crippen molar-refractivity contribution >= 4 is 77.9 Å². The maximum absolute atomic E-state index is 9.15. The van der Waals surface area contributed by atoms with E-state index in [4.69, 9.17) is 79.3 Å². The average Bonchev–Trinajstić information content (AvgIpc) is 1.93. The quantitative estimate of drug-likeness (QED) is 0.519. The predicted molar refractivity (Wildman–Crippen MR) is 73.4 cm³/mol. The minimum absolute atomic E-state index is 1.67. The van der Waals surface area contributed by atoms with Gasteiger partial charge in [0.15, 0.2) is 8.32 Å². The fourth-order valence-corrected chi connectivity index (χ4v) is 4.31. The summed E-state index contributed by atoms with van der Waals surface area (Å²) in [6, 6.07) is 1.67. The maximum atomic E-state index is 9.15. The normalized spacial score (nSPS) is 14.8. The van der Waals surface area contributed by atoms with E-state index in [2.05, 4.69) is 0 Å². The van der Waals surface area contributed by atoms with Crippen LogP contribution in [-0.2, 0) is 4.43 Å². The summed E-state index contributed by atoms with van der Waals surface area (Å²) in [6.07, 6.45) is 0. The van der Waals surface area contributed by atoms with Gasteiger partial charge in [-0.2, -0.15) is 5.26 Å². The molecule has 0 aliphatic heterocycles. The Hall–Kier alpha value is 1.41. The van der Waals surface area contributed by atoms with E-state index in [0.29, 0.717) is 0 Å². The van der Waals surface area contributed by atoms with Crippen LogP contribution in [0.5, 0.6) is 0 Å². The zero-order valence-corrected chi connectivity index (χ0v) is 14.2. The molecule has 0 amide bonds. The van der Waals surface area contributed by atoms with Crippen LogP contribution in [0.2, 0.25) is 19.6 Å². The van der Waals surface area contributed by atoms with Crippen molar-refractivity contribution in [3.05, 3.63) is 0 Å². The summed E-state index contributed by atoms with van der Waals surface area (Å²) in [4.78, 5) is 0. The van der Waals surface area contributed by atoms with Gasteiger partial charge in [0.1, 0.15) is 6.07 Å². The lowest BCUT2D eigenvalue weighted by atomic mass is 10.1.